The van der Waals surface area contributed by atoms with E-state index in [-0.39, 0.29) is 17.5 Å². The third-order valence-electron chi connectivity index (χ3n) is 4.57. The molecule has 1 aromatic heterocycles. The number of aromatic nitrogens is 1. The lowest BCUT2D eigenvalue weighted by molar-refractivity contribution is 0.102. The Hall–Kier alpha value is -3.47. The van der Waals surface area contributed by atoms with Crippen LogP contribution in [0.2, 0.25) is 0 Å². The van der Waals surface area contributed by atoms with Gasteiger partial charge in [-0.25, -0.2) is 0 Å². The molecule has 0 radical (unpaired) electrons. The van der Waals surface area contributed by atoms with Crippen LogP contribution in [0.1, 0.15) is 57.3 Å². The number of rotatable bonds is 5. The highest BCUT2D eigenvalue weighted by atomic mass is 16.2. The van der Waals surface area contributed by atoms with Gasteiger partial charge in [0.1, 0.15) is 5.69 Å². The van der Waals surface area contributed by atoms with Gasteiger partial charge in [0, 0.05) is 23.1 Å². The number of anilines is 2. The Balaban J connectivity index is 1.72. The van der Waals surface area contributed by atoms with Crippen LogP contribution < -0.4 is 10.6 Å². The summed E-state index contributed by atoms with van der Waals surface area (Å²) in [7, 11) is 0. The Labute approximate surface area is 171 Å². The summed E-state index contributed by atoms with van der Waals surface area (Å²) in [4.78, 5) is 29.3. The molecule has 2 N–H and O–H groups in total. The van der Waals surface area contributed by atoms with Crippen LogP contribution >= 0.6 is 0 Å². The van der Waals surface area contributed by atoms with Gasteiger partial charge in [0.05, 0.1) is 0 Å². The minimum atomic E-state index is -0.356. The normalized spacial score (nSPS) is 10.7. The van der Waals surface area contributed by atoms with Crippen LogP contribution in [0.25, 0.3) is 0 Å². The number of aryl methyl sites for hydroxylation is 2. The summed E-state index contributed by atoms with van der Waals surface area (Å²) in [6.07, 6.45) is 1.47. The number of nitrogens with one attached hydrogen (secondary N) is 2. The number of benzene rings is 2. The van der Waals surface area contributed by atoms with Crippen LogP contribution in [0.3, 0.4) is 0 Å². The minimum Gasteiger partial charge on any atom is -0.322 e. The molecule has 3 aromatic rings. The van der Waals surface area contributed by atoms with Crippen LogP contribution in [-0.2, 0) is 0 Å². The Morgan fingerprint density at radius 3 is 2.03 bits per heavy atom. The van der Waals surface area contributed by atoms with E-state index in [4.69, 9.17) is 0 Å². The molecule has 0 aliphatic rings. The van der Waals surface area contributed by atoms with E-state index in [0.717, 1.165) is 11.1 Å². The first-order valence-corrected chi connectivity index (χ1v) is 9.59. The number of hydrogen-bond acceptors (Lipinski definition) is 3. The van der Waals surface area contributed by atoms with E-state index >= 15 is 0 Å². The summed E-state index contributed by atoms with van der Waals surface area (Å²) in [6.45, 7) is 8.18. The van der Waals surface area contributed by atoms with Gasteiger partial charge in [-0.1, -0.05) is 32.0 Å². The van der Waals surface area contributed by atoms with Crippen molar-refractivity contribution in [3.63, 3.8) is 0 Å². The molecule has 0 saturated heterocycles. The lowest BCUT2D eigenvalue weighted by atomic mass is 10.0. The lowest BCUT2D eigenvalue weighted by Gasteiger charge is -2.10. The van der Waals surface area contributed by atoms with Gasteiger partial charge in [0.25, 0.3) is 11.8 Å². The highest BCUT2D eigenvalue weighted by Crippen LogP contribution is 2.18. The second kappa shape index (κ2) is 8.69. The molecule has 2 aromatic carbocycles. The number of nitrogens with zero attached hydrogens (tertiary/aromatic N) is 1. The van der Waals surface area contributed by atoms with Crippen molar-refractivity contribution in [3.8, 4) is 0 Å². The van der Waals surface area contributed by atoms with Gasteiger partial charge in [-0.05, 0) is 72.9 Å². The summed E-state index contributed by atoms with van der Waals surface area (Å²) < 4.78 is 0. The fourth-order valence-electron chi connectivity index (χ4n) is 3.09. The Morgan fingerprint density at radius 2 is 1.41 bits per heavy atom. The highest BCUT2D eigenvalue weighted by Gasteiger charge is 2.13. The van der Waals surface area contributed by atoms with E-state index in [1.807, 2.05) is 56.3 Å². The largest absolute Gasteiger partial charge is 0.322 e. The van der Waals surface area contributed by atoms with E-state index in [0.29, 0.717) is 22.9 Å². The number of amides is 2. The Bertz CT molecular complexity index is 1020. The number of carbonyl (C=O) groups excluding carboxylic acids is 2. The maximum absolute atomic E-state index is 12.6. The summed E-state index contributed by atoms with van der Waals surface area (Å²) in [6, 6.07) is 16.6. The van der Waals surface area contributed by atoms with Crippen LogP contribution in [0.15, 0.2) is 60.8 Å². The molecule has 29 heavy (non-hydrogen) atoms. The summed E-state index contributed by atoms with van der Waals surface area (Å²) >= 11 is 0. The molecular formula is C24H25N3O2. The molecular weight excluding hydrogens is 362 g/mol. The maximum Gasteiger partial charge on any atom is 0.274 e. The predicted octanol–water partition coefficient (Wildman–Crippen LogP) is 5.33. The van der Waals surface area contributed by atoms with E-state index in [9.17, 15) is 9.59 Å². The third kappa shape index (κ3) is 5.29. The lowest BCUT2D eigenvalue weighted by Crippen LogP contribution is -2.17. The molecule has 0 atom stereocenters. The molecule has 0 spiro atoms. The molecule has 2 amide bonds. The standard InChI is InChI=1S/C24H25N3O2/c1-15(2)18-5-7-20(8-6-18)26-23(28)19-9-10-25-22(14-19)24(29)27-21-12-16(3)11-17(4)13-21/h5-15H,1-4H3,(H,26,28)(H,27,29). The molecule has 0 unspecified atom stereocenters. The van der Waals surface area contributed by atoms with Crippen molar-refractivity contribution < 1.29 is 9.59 Å². The number of pyridine rings is 1. The first kappa shape index (κ1) is 20.3. The van der Waals surface area contributed by atoms with Gasteiger partial charge in [-0.15, -0.1) is 0 Å². The van der Waals surface area contributed by atoms with E-state index in [1.54, 1.807) is 6.07 Å². The smallest absolute Gasteiger partial charge is 0.274 e. The topological polar surface area (TPSA) is 71.1 Å². The second-order valence-corrected chi connectivity index (χ2v) is 7.49. The van der Waals surface area contributed by atoms with E-state index in [1.165, 1.54) is 17.8 Å². The van der Waals surface area contributed by atoms with Crippen molar-refractivity contribution in [1.82, 2.24) is 4.98 Å². The molecule has 148 valence electrons. The van der Waals surface area contributed by atoms with Gasteiger partial charge < -0.3 is 10.6 Å². The average molecular weight is 387 g/mol. The quantitative estimate of drug-likeness (QED) is 0.622. The zero-order valence-electron chi connectivity index (χ0n) is 17.1. The van der Waals surface area contributed by atoms with Gasteiger partial charge in [-0.2, -0.15) is 0 Å². The zero-order chi connectivity index (χ0) is 21.0. The first-order chi connectivity index (χ1) is 13.8. The monoisotopic (exact) mass is 387 g/mol. The van der Waals surface area contributed by atoms with Gasteiger partial charge in [0.15, 0.2) is 0 Å². The van der Waals surface area contributed by atoms with Crippen molar-refractivity contribution in [2.75, 3.05) is 10.6 Å². The fourth-order valence-corrected chi connectivity index (χ4v) is 3.09. The van der Waals surface area contributed by atoms with Crippen LogP contribution in [0.4, 0.5) is 11.4 Å². The molecule has 5 nitrogen and oxygen atoms in total. The van der Waals surface area contributed by atoms with Gasteiger partial charge in [0.2, 0.25) is 0 Å². The van der Waals surface area contributed by atoms with Crippen LogP contribution in [-0.4, -0.2) is 16.8 Å². The van der Waals surface area contributed by atoms with Crippen molar-refractivity contribution in [1.29, 1.82) is 0 Å². The molecule has 0 aliphatic carbocycles. The van der Waals surface area contributed by atoms with Crippen LogP contribution in [0, 0.1) is 13.8 Å². The van der Waals surface area contributed by atoms with Crippen molar-refractivity contribution in [2.45, 2.75) is 33.6 Å². The number of carbonyl (C=O) groups is 2. The van der Waals surface area contributed by atoms with Crippen molar-refractivity contribution in [2.24, 2.45) is 0 Å². The predicted molar refractivity (Wildman–Crippen MR) is 117 cm³/mol. The molecule has 0 saturated carbocycles. The number of hydrogen-bond donors (Lipinski definition) is 2. The summed E-state index contributed by atoms with van der Waals surface area (Å²) in [5.74, 6) is -0.214. The van der Waals surface area contributed by atoms with Crippen molar-refractivity contribution >= 4 is 23.2 Å². The Kier molecular flexibility index (Phi) is 6.07. The summed E-state index contributed by atoms with van der Waals surface area (Å²) in [5.41, 5.74) is 5.30. The molecule has 3 rings (SSSR count). The van der Waals surface area contributed by atoms with E-state index < -0.39 is 0 Å². The fraction of sp³-hybridized carbons (Fsp3) is 0.208. The maximum atomic E-state index is 12.6. The van der Waals surface area contributed by atoms with E-state index in [2.05, 4.69) is 29.5 Å². The Morgan fingerprint density at radius 1 is 0.793 bits per heavy atom. The molecule has 0 aliphatic heterocycles. The first-order valence-electron chi connectivity index (χ1n) is 9.59. The minimum absolute atomic E-state index is 0.187. The van der Waals surface area contributed by atoms with Crippen LogP contribution in [0.5, 0.6) is 0 Å². The molecule has 0 fully saturated rings. The summed E-state index contributed by atoms with van der Waals surface area (Å²) in [5, 5.41) is 5.70. The SMILES string of the molecule is Cc1cc(C)cc(NC(=O)c2cc(C(=O)Nc3ccc(C(C)C)cc3)ccn2)c1. The molecule has 1 heterocycles. The highest BCUT2D eigenvalue weighted by molar-refractivity contribution is 6.07. The average Bonchev–Trinajstić information content (AvgIpc) is 2.67. The van der Waals surface area contributed by atoms with Crippen molar-refractivity contribution in [3.05, 3.63) is 88.7 Å². The van der Waals surface area contributed by atoms with Gasteiger partial charge in [-0.3, -0.25) is 14.6 Å². The molecule has 5 heteroatoms. The third-order valence-corrected chi connectivity index (χ3v) is 4.57. The second-order valence-electron chi connectivity index (χ2n) is 7.49. The molecule has 0 bridgehead atoms. The zero-order valence-corrected chi connectivity index (χ0v) is 17.1. The van der Waals surface area contributed by atoms with Gasteiger partial charge >= 0.3 is 0 Å².